The van der Waals surface area contributed by atoms with Gasteiger partial charge in [0.1, 0.15) is 0 Å². The first kappa shape index (κ1) is 13.7. The van der Waals surface area contributed by atoms with Crippen molar-refractivity contribution in [1.82, 2.24) is 4.90 Å². The Hall–Kier alpha value is -0.220. The highest BCUT2D eigenvalue weighted by Gasteiger charge is 2.41. The number of nitrogens with two attached hydrogens (primary N) is 1. The highest BCUT2D eigenvalue weighted by atomic mass is 32.2. The molecule has 2 saturated carbocycles. The summed E-state index contributed by atoms with van der Waals surface area (Å²) in [5.41, 5.74) is 6.32. The molecule has 3 unspecified atom stereocenters. The number of hydrogen-bond acceptors (Lipinski definition) is 3. The van der Waals surface area contributed by atoms with E-state index in [1.807, 2.05) is 11.8 Å². The van der Waals surface area contributed by atoms with Crippen LogP contribution in [0.3, 0.4) is 0 Å². The summed E-state index contributed by atoms with van der Waals surface area (Å²) >= 11 is 1.99. The van der Waals surface area contributed by atoms with Crippen LogP contribution in [0.15, 0.2) is 0 Å². The van der Waals surface area contributed by atoms with Gasteiger partial charge in [-0.2, -0.15) is 11.8 Å². The largest absolute Gasteiger partial charge is 0.341 e. The predicted molar refractivity (Wildman–Crippen MR) is 80.0 cm³/mol. The van der Waals surface area contributed by atoms with Crippen LogP contribution in [0.5, 0.6) is 0 Å². The van der Waals surface area contributed by atoms with E-state index < -0.39 is 0 Å². The van der Waals surface area contributed by atoms with E-state index in [2.05, 4.69) is 11.8 Å². The zero-order chi connectivity index (χ0) is 13.4. The lowest BCUT2D eigenvalue weighted by Gasteiger charge is -2.45. The first-order valence-corrected chi connectivity index (χ1v) is 8.86. The molecule has 2 N–H and O–H groups in total. The van der Waals surface area contributed by atoms with Gasteiger partial charge in [-0.05, 0) is 37.5 Å². The third kappa shape index (κ3) is 2.80. The predicted octanol–water partition coefficient (Wildman–Crippen LogP) is 2.10. The molecule has 1 saturated heterocycles. The van der Waals surface area contributed by atoms with Gasteiger partial charge in [0.15, 0.2) is 0 Å². The normalized spacial score (nSPS) is 43.1. The third-order valence-corrected chi connectivity index (χ3v) is 6.45. The van der Waals surface area contributed by atoms with E-state index in [9.17, 15) is 4.79 Å². The van der Waals surface area contributed by atoms with E-state index in [1.165, 1.54) is 19.3 Å². The lowest BCUT2D eigenvalue weighted by molar-refractivity contribution is -0.138. The molecule has 3 rings (SSSR count). The lowest BCUT2D eigenvalue weighted by Crippen LogP contribution is -2.51. The van der Waals surface area contributed by atoms with Gasteiger partial charge in [-0.1, -0.05) is 13.3 Å². The molecule has 3 fully saturated rings. The van der Waals surface area contributed by atoms with Gasteiger partial charge in [-0.3, -0.25) is 4.79 Å². The quantitative estimate of drug-likeness (QED) is 0.801. The summed E-state index contributed by atoms with van der Waals surface area (Å²) in [6.07, 6.45) is 5.91. The summed E-state index contributed by atoms with van der Waals surface area (Å²) in [4.78, 5) is 14.8. The molecule has 4 heteroatoms. The molecule has 0 aromatic heterocycles. The standard InChI is InChI=1S/C15H26N2OS/c1-10-9-17(5-6-19-10)15(18)13-7-11-3-2-4-12(8-13)14(11)16/h10-14H,2-9,16H2,1H3. The maximum Gasteiger partial charge on any atom is 0.225 e. The monoisotopic (exact) mass is 282 g/mol. The Balaban J connectivity index is 1.64. The molecule has 3 nitrogen and oxygen atoms in total. The number of hydrogen-bond donors (Lipinski definition) is 1. The van der Waals surface area contributed by atoms with E-state index in [-0.39, 0.29) is 5.92 Å². The Bertz CT molecular complexity index is 335. The molecule has 0 aromatic rings. The van der Waals surface area contributed by atoms with Gasteiger partial charge in [0, 0.05) is 36.1 Å². The number of fused-ring (bicyclic) bond motifs is 2. The summed E-state index contributed by atoms with van der Waals surface area (Å²) in [6, 6.07) is 0.369. The number of carbonyl (C=O) groups is 1. The van der Waals surface area contributed by atoms with Gasteiger partial charge in [-0.25, -0.2) is 0 Å². The van der Waals surface area contributed by atoms with Crippen molar-refractivity contribution in [3.8, 4) is 0 Å². The maximum atomic E-state index is 12.7. The van der Waals surface area contributed by atoms with E-state index in [4.69, 9.17) is 5.73 Å². The van der Waals surface area contributed by atoms with Crippen molar-refractivity contribution in [3.63, 3.8) is 0 Å². The molecular weight excluding hydrogens is 256 g/mol. The van der Waals surface area contributed by atoms with Gasteiger partial charge >= 0.3 is 0 Å². The Morgan fingerprint density at radius 2 is 1.95 bits per heavy atom. The van der Waals surface area contributed by atoms with Gasteiger partial charge in [-0.15, -0.1) is 0 Å². The molecule has 3 aliphatic rings. The number of rotatable bonds is 1. The SMILES string of the molecule is CC1CN(C(=O)C2CC3CCCC(C2)C3N)CCS1. The first-order valence-electron chi connectivity index (χ1n) is 7.81. The van der Waals surface area contributed by atoms with Crippen molar-refractivity contribution in [2.45, 2.75) is 50.3 Å². The number of nitrogens with zero attached hydrogens (tertiary/aromatic N) is 1. The molecular formula is C15H26N2OS. The Kier molecular flexibility index (Phi) is 4.08. The Morgan fingerprint density at radius 3 is 2.58 bits per heavy atom. The maximum absolute atomic E-state index is 12.7. The molecule has 0 radical (unpaired) electrons. The van der Waals surface area contributed by atoms with Crippen molar-refractivity contribution < 1.29 is 4.79 Å². The molecule has 3 atom stereocenters. The van der Waals surface area contributed by atoms with E-state index >= 15 is 0 Å². The smallest absolute Gasteiger partial charge is 0.225 e. The second-order valence-corrected chi connectivity index (χ2v) is 8.21. The zero-order valence-corrected chi connectivity index (χ0v) is 12.7. The van der Waals surface area contributed by atoms with Crippen molar-refractivity contribution in [2.24, 2.45) is 23.5 Å². The van der Waals surface area contributed by atoms with Crippen LogP contribution in [-0.2, 0) is 4.79 Å². The molecule has 19 heavy (non-hydrogen) atoms. The van der Waals surface area contributed by atoms with Crippen LogP contribution in [0, 0.1) is 17.8 Å². The van der Waals surface area contributed by atoms with Crippen LogP contribution >= 0.6 is 11.8 Å². The molecule has 2 bridgehead atoms. The van der Waals surface area contributed by atoms with Crippen LogP contribution in [0.2, 0.25) is 0 Å². The molecule has 108 valence electrons. The van der Waals surface area contributed by atoms with Crippen LogP contribution in [0.4, 0.5) is 0 Å². The van der Waals surface area contributed by atoms with Crippen molar-refractivity contribution >= 4 is 17.7 Å². The number of amides is 1. The van der Waals surface area contributed by atoms with Crippen molar-refractivity contribution in [1.29, 1.82) is 0 Å². The van der Waals surface area contributed by atoms with Crippen LogP contribution < -0.4 is 5.73 Å². The fourth-order valence-electron chi connectivity index (χ4n) is 4.27. The molecule has 2 aliphatic carbocycles. The fourth-order valence-corrected chi connectivity index (χ4v) is 5.28. The van der Waals surface area contributed by atoms with Crippen LogP contribution in [0.25, 0.3) is 0 Å². The van der Waals surface area contributed by atoms with Crippen molar-refractivity contribution in [3.05, 3.63) is 0 Å². The molecule has 1 aliphatic heterocycles. The highest BCUT2D eigenvalue weighted by molar-refractivity contribution is 7.99. The summed E-state index contributed by atoms with van der Waals surface area (Å²) in [7, 11) is 0. The van der Waals surface area contributed by atoms with Gasteiger partial charge in [0.05, 0.1) is 0 Å². The summed E-state index contributed by atoms with van der Waals surface area (Å²) in [6.45, 7) is 4.13. The average Bonchev–Trinajstić information content (AvgIpc) is 2.37. The van der Waals surface area contributed by atoms with E-state index in [0.717, 1.165) is 31.7 Å². The van der Waals surface area contributed by atoms with Crippen LogP contribution in [0.1, 0.15) is 39.0 Å². The summed E-state index contributed by atoms with van der Waals surface area (Å²) in [5.74, 6) is 3.02. The summed E-state index contributed by atoms with van der Waals surface area (Å²) < 4.78 is 0. The number of carbonyl (C=O) groups excluding carboxylic acids is 1. The Morgan fingerprint density at radius 1 is 1.26 bits per heavy atom. The van der Waals surface area contributed by atoms with Gasteiger partial charge in [0.2, 0.25) is 5.91 Å². The van der Waals surface area contributed by atoms with Gasteiger partial charge < -0.3 is 10.6 Å². The molecule has 1 heterocycles. The highest BCUT2D eigenvalue weighted by Crippen LogP contribution is 2.42. The van der Waals surface area contributed by atoms with E-state index in [1.54, 1.807) is 0 Å². The third-order valence-electron chi connectivity index (χ3n) is 5.32. The Labute approximate surface area is 120 Å². The number of thioether (sulfide) groups is 1. The topological polar surface area (TPSA) is 46.3 Å². The minimum atomic E-state index is 0.269. The fraction of sp³-hybridized carbons (Fsp3) is 0.933. The molecule has 0 spiro atoms. The second kappa shape index (κ2) is 5.65. The molecule has 0 aromatic carbocycles. The molecule has 1 amide bonds. The van der Waals surface area contributed by atoms with E-state index in [0.29, 0.717) is 29.0 Å². The van der Waals surface area contributed by atoms with Gasteiger partial charge in [0.25, 0.3) is 0 Å². The first-order chi connectivity index (χ1) is 9.15. The average molecular weight is 282 g/mol. The van der Waals surface area contributed by atoms with Crippen LogP contribution in [-0.4, -0.2) is 40.9 Å². The minimum absolute atomic E-state index is 0.269. The summed E-state index contributed by atoms with van der Waals surface area (Å²) in [5, 5.41) is 0.600. The lowest BCUT2D eigenvalue weighted by atomic mass is 9.65. The second-order valence-electron chi connectivity index (χ2n) is 6.66. The zero-order valence-electron chi connectivity index (χ0n) is 11.9. The van der Waals surface area contributed by atoms with Crippen molar-refractivity contribution in [2.75, 3.05) is 18.8 Å². The minimum Gasteiger partial charge on any atom is -0.341 e.